The predicted octanol–water partition coefficient (Wildman–Crippen LogP) is 4.76. The summed E-state index contributed by atoms with van der Waals surface area (Å²) < 4.78 is 0. The molecule has 1 aliphatic carbocycles. The van der Waals surface area contributed by atoms with Crippen LogP contribution in [0.1, 0.15) is 56.9 Å². The summed E-state index contributed by atoms with van der Waals surface area (Å²) in [5.74, 6) is 1.78. The van der Waals surface area contributed by atoms with Gasteiger partial charge in [0, 0.05) is 5.69 Å². The fourth-order valence-electron chi connectivity index (χ4n) is 2.96. The van der Waals surface area contributed by atoms with Crippen LogP contribution in [0.25, 0.3) is 0 Å². The number of nitrogen functional groups attached to an aromatic ring is 1. The van der Waals surface area contributed by atoms with Crippen molar-refractivity contribution in [2.45, 2.75) is 51.4 Å². The fourth-order valence-corrected chi connectivity index (χ4v) is 2.96. The first kappa shape index (κ1) is 14.4. The second-order valence-electron chi connectivity index (χ2n) is 5.17. The molecular weight excluding hydrogens is 230 g/mol. The average Bonchev–Trinajstić information content (AvgIpc) is 2.32. The van der Waals surface area contributed by atoms with Crippen LogP contribution in [0.5, 0.6) is 0 Å². The van der Waals surface area contributed by atoms with Crippen LogP contribution in [0.3, 0.4) is 0 Å². The van der Waals surface area contributed by atoms with Gasteiger partial charge in [-0.1, -0.05) is 31.9 Å². The lowest BCUT2D eigenvalue weighted by Crippen LogP contribution is -2.13. The van der Waals surface area contributed by atoms with E-state index in [0.717, 1.165) is 17.5 Å². The van der Waals surface area contributed by atoms with E-state index in [9.17, 15) is 0 Å². The van der Waals surface area contributed by atoms with Crippen molar-refractivity contribution in [1.82, 2.24) is 0 Å². The summed E-state index contributed by atoms with van der Waals surface area (Å²) in [5.41, 5.74) is 8.09. The highest BCUT2D eigenvalue weighted by atomic mass is 35.5. The molecule has 0 bridgehead atoms. The van der Waals surface area contributed by atoms with Crippen LogP contribution in [0, 0.1) is 5.92 Å². The van der Waals surface area contributed by atoms with Crippen LogP contribution >= 0.6 is 12.4 Å². The lowest BCUT2D eigenvalue weighted by Gasteiger charge is -2.28. The minimum absolute atomic E-state index is 0. The van der Waals surface area contributed by atoms with Gasteiger partial charge in [-0.25, -0.2) is 0 Å². The number of hydrogen-bond donors (Lipinski definition) is 1. The van der Waals surface area contributed by atoms with Crippen molar-refractivity contribution in [1.29, 1.82) is 0 Å². The summed E-state index contributed by atoms with van der Waals surface area (Å²) in [6, 6.07) is 8.49. The molecule has 1 nitrogen and oxygen atoms in total. The number of halogens is 1. The Bertz CT molecular complexity index is 312. The molecule has 96 valence electrons. The molecule has 2 N–H and O–H groups in total. The molecule has 0 saturated heterocycles. The van der Waals surface area contributed by atoms with Gasteiger partial charge in [0.2, 0.25) is 0 Å². The molecule has 2 rings (SSSR count). The van der Waals surface area contributed by atoms with Gasteiger partial charge in [-0.3, -0.25) is 0 Å². The predicted molar refractivity (Wildman–Crippen MR) is 77.7 cm³/mol. The lowest BCUT2D eigenvalue weighted by molar-refractivity contribution is 0.308. The Morgan fingerprint density at radius 1 is 1.06 bits per heavy atom. The van der Waals surface area contributed by atoms with Crippen molar-refractivity contribution >= 4 is 18.1 Å². The minimum atomic E-state index is 0. The summed E-state index contributed by atoms with van der Waals surface area (Å²) in [6.07, 6.45) is 8.35. The minimum Gasteiger partial charge on any atom is -0.399 e. The van der Waals surface area contributed by atoms with Crippen molar-refractivity contribution in [3.05, 3.63) is 29.8 Å². The van der Waals surface area contributed by atoms with Gasteiger partial charge in [-0.15, -0.1) is 12.4 Å². The molecule has 0 aromatic heterocycles. The molecule has 0 amide bonds. The topological polar surface area (TPSA) is 26.0 Å². The Morgan fingerprint density at radius 3 is 2.18 bits per heavy atom. The van der Waals surface area contributed by atoms with E-state index in [0.29, 0.717) is 0 Å². The molecule has 0 atom stereocenters. The first-order chi connectivity index (χ1) is 7.79. The standard InChI is InChI=1S/C15H23N.ClH/c1-2-3-12-4-6-13(7-5-12)14-8-10-15(16)11-9-14;/h8-13H,2-7,16H2,1H3;1H/t12-,13-;. The van der Waals surface area contributed by atoms with E-state index in [1.54, 1.807) is 0 Å². The van der Waals surface area contributed by atoms with Crippen molar-refractivity contribution in [2.75, 3.05) is 5.73 Å². The highest BCUT2D eigenvalue weighted by Gasteiger charge is 2.21. The average molecular weight is 254 g/mol. The Balaban J connectivity index is 0.00000144. The molecule has 0 aliphatic heterocycles. The molecule has 0 radical (unpaired) electrons. The fraction of sp³-hybridized carbons (Fsp3) is 0.600. The lowest BCUT2D eigenvalue weighted by atomic mass is 9.77. The van der Waals surface area contributed by atoms with Gasteiger partial charge < -0.3 is 5.73 Å². The van der Waals surface area contributed by atoms with E-state index >= 15 is 0 Å². The van der Waals surface area contributed by atoms with Gasteiger partial charge in [0.15, 0.2) is 0 Å². The third kappa shape index (κ3) is 3.92. The number of rotatable bonds is 3. The van der Waals surface area contributed by atoms with Gasteiger partial charge in [-0.05, 0) is 55.2 Å². The Morgan fingerprint density at radius 2 is 1.65 bits per heavy atom. The summed E-state index contributed by atoms with van der Waals surface area (Å²) >= 11 is 0. The SMILES string of the molecule is CCC[C@H]1CC[C@H](c2ccc(N)cc2)CC1.Cl. The zero-order valence-corrected chi connectivity index (χ0v) is 11.5. The monoisotopic (exact) mass is 253 g/mol. The van der Waals surface area contributed by atoms with Gasteiger partial charge in [-0.2, -0.15) is 0 Å². The zero-order chi connectivity index (χ0) is 11.4. The quantitative estimate of drug-likeness (QED) is 0.772. The zero-order valence-electron chi connectivity index (χ0n) is 10.7. The van der Waals surface area contributed by atoms with Crippen LogP contribution in [0.4, 0.5) is 5.69 Å². The van der Waals surface area contributed by atoms with E-state index in [4.69, 9.17) is 5.73 Å². The van der Waals surface area contributed by atoms with Crippen LogP contribution in [-0.4, -0.2) is 0 Å². The molecule has 1 aromatic rings. The van der Waals surface area contributed by atoms with E-state index in [-0.39, 0.29) is 12.4 Å². The van der Waals surface area contributed by atoms with Crippen molar-refractivity contribution in [3.8, 4) is 0 Å². The van der Waals surface area contributed by atoms with E-state index in [1.165, 1.54) is 44.1 Å². The van der Waals surface area contributed by atoms with Crippen molar-refractivity contribution < 1.29 is 0 Å². The van der Waals surface area contributed by atoms with Gasteiger partial charge in [0.05, 0.1) is 0 Å². The summed E-state index contributed by atoms with van der Waals surface area (Å²) in [7, 11) is 0. The van der Waals surface area contributed by atoms with E-state index < -0.39 is 0 Å². The second-order valence-corrected chi connectivity index (χ2v) is 5.17. The molecule has 0 spiro atoms. The number of nitrogens with two attached hydrogens (primary N) is 1. The van der Waals surface area contributed by atoms with Gasteiger partial charge in [0.25, 0.3) is 0 Å². The smallest absolute Gasteiger partial charge is 0.0314 e. The largest absolute Gasteiger partial charge is 0.399 e. The Hall–Kier alpha value is -0.690. The van der Waals surface area contributed by atoms with E-state index in [1.807, 2.05) is 12.1 Å². The molecular formula is C15H24ClN. The molecule has 1 aliphatic rings. The number of benzene rings is 1. The van der Waals surface area contributed by atoms with Gasteiger partial charge in [0.1, 0.15) is 0 Å². The van der Waals surface area contributed by atoms with Crippen LogP contribution < -0.4 is 5.73 Å². The normalized spacial score (nSPS) is 24.1. The Labute approximate surface area is 111 Å². The molecule has 17 heavy (non-hydrogen) atoms. The summed E-state index contributed by atoms with van der Waals surface area (Å²) in [5, 5.41) is 0. The summed E-state index contributed by atoms with van der Waals surface area (Å²) in [4.78, 5) is 0. The maximum absolute atomic E-state index is 5.72. The highest BCUT2D eigenvalue weighted by molar-refractivity contribution is 5.85. The number of anilines is 1. The third-order valence-electron chi connectivity index (χ3n) is 3.95. The molecule has 1 saturated carbocycles. The molecule has 1 fully saturated rings. The van der Waals surface area contributed by atoms with Gasteiger partial charge >= 0.3 is 0 Å². The van der Waals surface area contributed by atoms with Crippen LogP contribution in [-0.2, 0) is 0 Å². The molecule has 1 aromatic carbocycles. The van der Waals surface area contributed by atoms with Crippen LogP contribution in [0.2, 0.25) is 0 Å². The first-order valence-electron chi connectivity index (χ1n) is 6.65. The third-order valence-corrected chi connectivity index (χ3v) is 3.95. The maximum Gasteiger partial charge on any atom is 0.0314 e. The van der Waals surface area contributed by atoms with E-state index in [2.05, 4.69) is 19.1 Å². The highest BCUT2D eigenvalue weighted by Crippen LogP contribution is 2.37. The maximum atomic E-state index is 5.72. The first-order valence-corrected chi connectivity index (χ1v) is 6.65. The van der Waals surface area contributed by atoms with Crippen molar-refractivity contribution in [3.63, 3.8) is 0 Å². The molecule has 0 heterocycles. The van der Waals surface area contributed by atoms with Crippen LogP contribution in [0.15, 0.2) is 24.3 Å². The summed E-state index contributed by atoms with van der Waals surface area (Å²) in [6.45, 7) is 2.30. The molecule has 2 heteroatoms. The second kappa shape index (κ2) is 6.90. The number of hydrogen-bond acceptors (Lipinski definition) is 1. The molecule has 0 unspecified atom stereocenters. The van der Waals surface area contributed by atoms with Crippen molar-refractivity contribution in [2.24, 2.45) is 5.92 Å². The Kier molecular flexibility index (Phi) is 5.84.